The fourth-order valence-corrected chi connectivity index (χ4v) is 16.0. The van der Waals surface area contributed by atoms with Gasteiger partial charge in [-0.25, -0.2) is 0 Å². The molecule has 0 unspecified atom stereocenters. The van der Waals surface area contributed by atoms with Gasteiger partial charge in [-0.15, -0.1) is 0 Å². The number of ether oxygens (including phenoxy) is 3. The number of fused-ring (bicyclic) bond motifs is 10. The first-order chi connectivity index (χ1) is 41.1. The normalized spacial score (nSPS) is 27.4. The Morgan fingerprint density at radius 2 is 1.75 bits per heavy atom. The van der Waals surface area contributed by atoms with Gasteiger partial charge in [0, 0.05) is 78.5 Å². The van der Waals surface area contributed by atoms with Crippen molar-refractivity contribution in [3.05, 3.63) is 131 Å². The van der Waals surface area contributed by atoms with Crippen molar-refractivity contribution in [3.63, 3.8) is 0 Å². The maximum absolute atomic E-state index is 15.5. The standard InChI is InChI=1S/C68H74N4O13/c1-38(75)34-70-67(37-72-56-18-19-69-55(56)31-57(72)40-8-7-9-43(76)24-40)33-42(35-74)68(36-67)32-41-25-52-49-29-60(81)61(83-2)30-50(49)51(65(41)48-16-15-44(77)27-53(48)68)26-45(78)28-63(59(80)22-39-14-17-58(79)62(23-39)84-21-20-73)85-64(82)13-6-4-11-47-46-10-3-5-12-54(46)71-66(47)52/h3,5,7-10,12,14,17-19,23-25,29-31,35,38,41-42,44,48,51,53,59,63,65,69-71,73,75-77,79-81H,11,13,15-16,20-22,26-28,32-34,36-37H2,1-2H3/t38-,41-,42+,44+,48+,51+,53-,59+,63-,65+,67+,68+/m0/s1. The summed E-state index contributed by atoms with van der Waals surface area (Å²) in [6, 6.07) is 27.3. The lowest BCUT2D eigenvalue weighted by Crippen LogP contribution is -2.55. The molecule has 12 atom stereocenters. The summed E-state index contributed by atoms with van der Waals surface area (Å²) < 4.78 is 19.8. The Bertz CT molecular complexity index is 3770. The highest BCUT2D eigenvalue weighted by molar-refractivity contribution is 5.95. The third kappa shape index (κ3) is 11.0. The molecule has 0 saturated heterocycles. The molecule has 4 aliphatic carbocycles. The summed E-state index contributed by atoms with van der Waals surface area (Å²) in [6.07, 6.45) is 3.43. The number of aromatic nitrogens is 3. The maximum Gasteiger partial charge on any atom is 0.318 e. The number of hydrogen-bond acceptors (Lipinski definition) is 14. The van der Waals surface area contributed by atoms with E-state index in [2.05, 4.69) is 43.8 Å². The molecule has 3 fully saturated rings. The van der Waals surface area contributed by atoms with E-state index >= 15 is 4.79 Å². The van der Waals surface area contributed by atoms with Crippen LogP contribution in [0.25, 0.3) is 38.8 Å². The number of H-pyrrole nitrogens is 2. The second kappa shape index (κ2) is 23.5. The molecule has 85 heavy (non-hydrogen) atoms. The van der Waals surface area contributed by atoms with Crippen molar-refractivity contribution in [2.75, 3.05) is 26.9 Å². The number of benzene rings is 4. The van der Waals surface area contributed by atoms with Crippen LogP contribution in [0, 0.1) is 46.8 Å². The minimum atomic E-state index is -1.40. The highest BCUT2D eigenvalue weighted by Gasteiger charge is 2.65. The summed E-state index contributed by atoms with van der Waals surface area (Å²) >= 11 is 0. The number of carbonyl (C=O) groups is 3. The zero-order valence-corrected chi connectivity index (χ0v) is 47.8. The number of para-hydroxylation sites is 1. The fourth-order valence-electron chi connectivity index (χ4n) is 16.0. The number of Topliss-reactive ketones (excluding diaryl/α,β-unsaturated/α-hetero) is 1. The summed E-state index contributed by atoms with van der Waals surface area (Å²) in [5.74, 6) is 3.28. The Balaban J connectivity index is 1.03. The van der Waals surface area contributed by atoms with Crippen molar-refractivity contribution in [2.24, 2.45) is 35.0 Å². The number of aromatic hydroxyl groups is 3. The smallest absolute Gasteiger partial charge is 0.318 e. The van der Waals surface area contributed by atoms with Gasteiger partial charge in [-0.05, 0) is 157 Å². The number of methoxy groups -OCH3 is 1. The van der Waals surface area contributed by atoms with Crippen LogP contribution in [-0.4, -0.2) is 125 Å². The number of allylic oxidation sites excluding steroid dienone is 1. The molecule has 5 aliphatic rings. The first-order valence-corrected chi connectivity index (χ1v) is 29.7. The van der Waals surface area contributed by atoms with Crippen molar-refractivity contribution in [3.8, 4) is 51.8 Å². The molecule has 17 heteroatoms. The van der Waals surface area contributed by atoms with Gasteiger partial charge in [-0.3, -0.25) is 9.59 Å². The highest BCUT2D eigenvalue weighted by Crippen LogP contribution is 2.69. The Morgan fingerprint density at radius 3 is 2.55 bits per heavy atom. The molecule has 3 saturated carbocycles. The number of esters is 1. The summed E-state index contributed by atoms with van der Waals surface area (Å²) in [6.45, 7) is 2.01. The van der Waals surface area contributed by atoms with Crippen LogP contribution in [0.15, 0.2) is 103 Å². The number of aldehydes is 1. The van der Waals surface area contributed by atoms with E-state index < -0.39 is 53.2 Å². The molecular formula is C68H74N4O13. The predicted molar refractivity (Wildman–Crippen MR) is 319 cm³/mol. The Morgan fingerprint density at radius 1 is 0.918 bits per heavy atom. The van der Waals surface area contributed by atoms with E-state index in [0.29, 0.717) is 56.2 Å². The lowest BCUT2D eigenvalue weighted by Gasteiger charge is -2.58. The minimum Gasteiger partial charge on any atom is -0.508 e. The fraction of sp³-hybridized carbons (Fsp3) is 0.426. The largest absolute Gasteiger partial charge is 0.508 e. The van der Waals surface area contributed by atoms with Crippen LogP contribution in [0.4, 0.5) is 0 Å². The van der Waals surface area contributed by atoms with Gasteiger partial charge in [0.2, 0.25) is 0 Å². The van der Waals surface area contributed by atoms with Crippen LogP contribution in [0.1, 0.15) is 98.6 Å². The maximum atomic E-state index is 15.5. The van der Waals surface area contributed by atoms with Gasteiger partial charge in [0.15, 0.2) is 23.0 Å². The van der Waals surface area contributed by atoms with Crippen LogP contribution in [0.2, 0.25) is 0 Å². The number of hydrogen-bond donors (Lipinski definition) is 10. The number of β-amino-alcohol motifs (C(OH)–C–C–N with tert-alkyl or cyclic N) is 1. The Kier molecular flexibility index (Phi) is 15.9. The molecule has 1 spiro atoms. The van der Waals surface area contributed by atoms with Crippen LogP contribution in [0.3, 0.4) is 0 Å². The van der Waals surface area contributed by atoms with E-state index in [1.807, 2.05) is 54.7 Å². The third-order valence-corrected chi connectivity index (χ3v) is 19.4. The molecule has 10 N–H and O–H groups in total. The van der Waals surface area contributed by atoms with E-state index in [1.54, 1.807) is 31.2 Å². The number of ketones is 1. The van der Waals surface area contributed by atoms with Crippen molar-refractivity contribution >= 4 is 45.5 Å². The highest BCUT2D eigenvalue weighted by atomic mass is 16.6. The van der Waals surface area contributed by atoms with E-state index in [-0.39, 0.29) is 110 Å². The predicted octanol–water partition coefficient (Wildman–Crippen LogP) is 8.38. The van der Waals surface area contributed by atoms with E-state index in [0.717, 1.165) is 61.9 Å². The number of aliphatic hydroxyl groups excluding tert-OH is 4. The zero-order chi connectivity index (χ0) is 59.3. The first-order valence-electron chi connectivity index (χ1n) is 29.7. The number of nitrogens with one attached hydrogen (secondary N) is 3. The topological polar surface area (TPSA) is 269 Å². The number of cyclic esters (lactones) is 1. The number of carbonyl (C=O) groups excluding carboxylic acids is 3. The molecule has 3 aromatic heterocycles. The van der Waals surface area contributed by atoms with Crippen LogP contribution >= 0.6 is 0 Å². The number of phenols is 3. The number of aromatic amines is 2. The summed E-state index contributed by atoms with van der Waals surface area (Å²) in [4.78, 5) is 50.9. The van der Waals surface area contributed by atoms with Crippen LogP contribution in [-0.2, 0) is 38.5 Å². The number of nitrogens with zero attached hydrogens (tertiary/aromatic N) is 1. The molecular weight excluding hydrogens is 1080 g/mol. The molecule has 0 radical (unpaired) electrons. The van der Waals surface area contributed by atoms with Gasteiger partial charge >= 0.3 is 5.97 Å². The lowest BCUT2D eigenvalue weighted by molar-refractivity contribution is -0.155. The lowest BCUT2D eigenvalue weighted by atomic mass is 9.46. The zero-order valence-electron chi connectivity index (χ0n) is 47.8. The van der Waals surface area contributed by atoms with Gasteiger partial charge in [0.05, 0.1) is 54.4 Å². The molecule has 0 amide bonds. The second-order valence-electron chi connectivity index (χ2n) is 24.6. The first kappa shape index (κ1) is 57.6. The summed E-state index contributed by atoms with van der Waals surface area (Å²) in [7, 11) is 1.49. The molecule has 444 valence electrons. The molecule has 7 aromatic rings. The summed E-state index contributed by atoms with van der Waals surface area (Å²) in [5, 5.41) is 82.6. The van der Waals surface area contributed by atoms with Crippen LogP contribution < -0.4 is 14.8 Å². The average molecular weight is 1160 g/mol. The molecule has 1 aliphatic heterocycles. The van der Waals surface area contributed by atoms with Gasteiger partial charge in [-0.2, -0.15) is 0 Å². The van der Waals surface area contributed by atoms with Crippen LogP contribution in [0.5, 0.6) is 28.7 Å². The summed E-state index contributed by atoms with van der Waals surface area (Å²) in [5.41, 5.74) is 7.18. The van der Waals surface area contributed by atoms with E-state index in [9.17, 15) is 45.3 Å². The number of rotatable bonds is 14. The van der Waals surface area contributed by atoms with Gasteiger partial charge < -0.3 is 74.6 Å². The third-order valence-electron chi connectivity index (χ3n) is 19.4. The molecule has 12 rings (SSSR count). The number of phenolic OH excluding ortho intramolecular Hbond substituents is 3. The monoisotopic (exact) mass is 1150 g/mol. The average Bonchev–Trinajstić information content (AvgIpc) is 1.69. The van der Waals surface area contributed by atoms with Gasteiger partial charge in [0.25, 0.3) is 0 Å². The minimum absolute atomic E-state index is 0.0738. The van der Waals surface area contributed by atoms with Crippen molar-refractivity contribution in [1.29, 1.82) is 0 Å². The SMILES string of the molecule is COc1cc2c(cc1O)C1=C[C@H]3C[C@]4(C[C@](Cn5c(-c6cccc(O)c6)cc6[nH]ccc65)(NC[C@H](C)O)C[C@@H]4C=O)[C@H]4C[C@H](O)CC[C@H]4[C@@H]3[C@@H]2CC(=O)C[C@@H]([C@H](O)Cc2ccc(O)c(OCCO)c2)OC(=O)CC#CCc2c1[nH]c1ccccc21. The Hall–Kier alpha value is -7.85. The second-order valence-corrected chi connectivity index (χ2v) is 24.6. The van der Waals surface area contributed by atoms with Crippen molar-refractivity contribution in [1.82, 2.24) is 19.9 Å². The molecule has 2 bridgehead atoms. The quantitative estimate of drug-likeness (QED) is 0.0279. The van der Waals surface area contributed by atoms with E-state index in [4.69, 9.17) is 14.2 Å². The van der Waals surface area contributed by atoms with Gasteiger partial charge in [-0.1, -0.05) is 54.3 Å². The number of aliphatic hydroxyl groups is 4. The van der Waals surface area contributed by atoms with Crippen molar-refractivity contribution in [2.45, 2.75) is 120 Å². The van der Waals surface area contributed by atoms with Crippen molar-refractivity contribution < 1.29 is 64.3 Å². The Labute approximate surface area is 492 Å². The molecule has 4 aromatic carbocycles. The van der Waals surface area contributed by atoms with Gasteiger partial charge in [0.1, 0.15) is 37.0 Å². The molecule has 4 heterocycles. The molecule has 17 nitrogen and oxygen atoms in total. The van der Waals surface area contributed by atoms with E-state index in [1.165, 1.54) is 19.2 Å².